The van der Waals surface area contributed by atoms with Crippen molar-refractivity contribution < 1.29 is 14.3 Å². The van der Waals surface area contributed by atoms with Gasteiger partial charge in [0.15, 0.2) is 0 Å². The fraction of sp³-hybridized carbons (Fsp3) is 0.462. The van der Waals surface area contributed by atoms with Gasteiger partial charge in [0, 0.05) is 18.2 Å². The van der Waals surface area contributed by atoms with E-state index in [1.165, 1.54) is 12.1 Å². The average Bonchev–Trinajstić information content (AvgIpc) is 2.35. The molecule has 1 amide bonds. The molecule has 18 heavy (non-hydrogen) atoms. The molecule has 0 aliphatic rings. The summed E-state index contributed by atoms with van der Waals surface area (Å²) < 4.78 is 13.4. The van der Waals surface area contributed by atoms with E-state index in [9.17, 15) is 9.18 Å². The van der Waals surface area contributed by atoms with Crippen molar-refractivity contribution >= 4 is 5.91 Å². The zero-order chi connectivity index (χ0) is 13.8. The normalized spacial score (nSPS) is 11.3. The topological polar surface area (TPSA) is 75.3 Å². The summed E-state index contributed by atoms with van der Waals surface area (Å²) in [6.45, 7) is 4.17. The summed E-state index contributed by atoms with van der Waals surface area (Å²) in [5.41, 5.74) is 5.47. The molecular formula is C13H19FN2O2. The number of phenolic OH excluding ortho intramolecular Hbond substituents is 1. The van der Waals surface area contributed by atoms with Crippen LogP contribution in [-0.2, 0) is 0 Å². The summed E-state index contributed by atoms with van der Waals surface area (Å²) >= 11 is 0. The lowest BCUT2D eigenvalue weighted by Crippen LogP contribution is -2.49. The summed E-state index contributed by atoms with van der Waals surface area (Å²) in [6, 6.07) is 3.42. The number of phenols is 1. The molecule has 1 aromatic rings. The molecule has 0 heterocycles. The Kier molecular flexibility index (Phi) is 4.67. The van der Waals surface area contributed by atoms with Crippen LogP contribution in [0.15, 0.2) is 18.2 Å². The van der Waals surface area contributed by atoms with E-state index in [4.69, 9.17) is 10.8 Å². The van der Waals surface area contributed by atoms with Crippen LogP contribution in [0.2, 0.25) is 0 Å². The van der Waals surface area contributed by atoms with Crippen molar-refractivity contribution in [2.45, 2.75) is 32.2 Å². The van der Waals surface area contributed by atoms with E-state index in [-0.39, 0.29) is 11.3 Å². The van der Waals surface area contributed by atoms with Crippen LogP contribution >= 0.6 is 0 Å². The number of carbonyl (C=O) groups is 1. The molecule has 4 nitrogen and oxygen atoms in total. The number of nitrogens with two attached hydrogens (primary N) is 1. The molecule has 0 radical (unpaired) electrons. The van der Waals surface area contributed by atoms with Crippen molar-refractivity contribution in [1.29, 1.82) is 0 Å². The second-order valence-corrected chi connectivity index (χ2v) is 4.42. The number of hydrogen-bond donors (Lipinski definition) is 3. The van der Waals surface area contributed by atoms with E-state index < -0.39 is 17.3 Å². The molecule has 1 aromatic carbocycles. The Bertz CT molecular complexity index is 431. The van der Waals surface area contributed by atoms with Gasteiger partial charge in [-0.05, 0) is 25.0 Å². The molecule has 0 aliphatic heterocycles. The predicted octanol–water partition coefficient (Wildman–Crippen LogP) is 1.78. The van der Waals surface area contributed by atoms with E-state index in [1.54, 1.807) is 0 Å². The zero-order valence-electron chi connectivity index (χ0n) is 10.7. The van der Waals surface area contributed by atoms with Gasteiger partial charge in [-0.25, -0.2) is 4.39 Å². The number of benzene rings is 1. The number of aromatic hydroxyl groups is 1. The smallest absolute Gasteiger partial charge is 0.254 e. The van der Waals surface area contributed by atoms with Crippen LogP contribution in [0.1, 0.15) is 37.0 Å². The minimum absolute atomic E-state index is 0.0950. The molecule has 0 saturated carbocycles. The van der Waals surface area contributed by atoms with Gasteiger partial charge in [-0.2, -0.15) is 0 Å². The van der Waals surface area contributed by atoms with Gasteiger partial charge in [0.05, 0.1) is 5.56 Å². The quantitative estimate of drug-likeness (QED) is 0.749. The van der Waals surface area contributed by atoms with Crippen molar-refractivity contribution in [1.82, 2.24) is 5.32 Å². The van der Waals surface area contributed by atoms with E-state index in [2.05, 4.69) is 5.32 Å². The summed E-state index contributed by atoms with van der Waals surface area (Å²) in [5, 5.41) is 11.7. The van der Waals surface area contributed by atoms with E-state index in [0.29, 0.717) is 6.54 Å². The minimum Gasteiger partial charge on any atom is -0.508 e. The SMILES string of the molecule is CCC(N)(CC)CNC(=O)c1ccc(O)cc1F. The van der Waals surface area contributed by atoms with Crippen LogP contribution in [0.4, 0.5) is 4.39 Å². The Hall–Kier alpha value is -1.62. The molecule has 0 aliphatic carbocycles. The van der Waals surface area contributed by atoms with Gasteiger partial charge in [0.2, 0.25) is 0 Å². The highest BCUT2D eigenvalue weighted by Gasteiger charge is 2.22. The van der Waals surface area contributed by atoms with Gasteiger partial charge < -0.3 is 16.2 Å². The van der Waals surface area contributed by atoms with Gasteiger partial charge in [-0.15, -0.1) is 0 Å². The van der Waals surface area contributed by atoms with Gasteiger partial charge in [0.25, 0.3) is 5.91 Å². The molecule has 0 atom stereocenters. The first kappa shape index (κ1) is 14.4. The van der Waals surface area contributed by atoms with Gasteiger partial charge in [0.1, 0.15) is 11.6 Å². The summed E-state index contributed by atoms with van der Waals surface area (Å²) in [4.78, 5) is 11.8. The van der Waals surface area contributed by atoms with Gasteiger partial charge >= 0.3 is 0 Å². The predicted molar refractivity (Wildman–Crippen MR) is 67.9 cm³/mol. The lowest BCUT2D eigenvalue weighted by Gasteiger charge is -2.26. The van der Waals surface area contributed by atoms with Crippen LogP contribution in [-0.4, -0.2) is 23.1 Å². The summed E-state index contributed by atoms with van der Waals surface area (Å²) in [5.74, 6) is -1.48. The van der Waals surface area contributed by atoms with E-state index >= 15 is 0 Å². The monoisotopic (exact) mass is 254 g/mol. The number of rotatable bonds is 5. The molecule has 4 N–H and O–H groups in total. The van der Waals surface area contributed by atoms with Gasteiger partial charge in [-0.3, -0.25) is 4.79 Å². The summed E-state index contributed by atoms with van der Waals surface area (Å²) in [7, 11) is 0. The fourth-order valence-electron chi connectivity index (χ4n) is 1.54. The second kappa shape index (κ2) is 5.82. The largest absolute Gasteiger partial charge is 0.508 e. The molecule has 100 valence electrons. The molecule has 5 heteroatoms. The van der Waals surface area contributed by atoms with Crippen LogP contribution in [0.5, 0.6) is 5.75 Å². The molecule has 0 bridgehead atoms. The third-order valence-corrected chi connectivity index (χ3v) is 3.21. The number of halogens is 1. The standard InChI is InChI=1S/C13H19FN2O2/c1-3-13(15,4-2)8-16-12(18)10-6-5-9(17)7-11(10)14/h5-7,17H,3-4,8,15H2,1-2H3,(H,16,18). The summed E-state index contributed by atoms with van der Waals surface area (Å²) in [6.07, 6.45) is 1.45. The molecule has 0 spiro atoms. The van der Waals surface area contributed by atoms with Crippen LogP contribution in [0, 0.1) is 5.82 Å². The maximum atomic E-state index is 13.4. The van der Waals surface area contributed by atoms with Crippen LogP contribution in [0.25, 0.3) is 0 Å². The fourth-order valence-corrected chi connectivity index (χ4v) is 1.54. The Morgan fingerprint density at radius 2 is 2.06 bits per heavy atom. The molecule has 0 unspecified atom stereocenters. The Morgan fingerprint density at radius 3 is 2.56 bits per heavy atom. The van der Waals surface area contributed by atoms with Crippen LogP contribution in [0.3, 0.4) is 0 Å². The zero-order valence-corrected chi connectivity index (χ0v) is 10.7. The third kappa shape index (κ3) is 3.43. The lowest BCUT2D eigenvalue weighted by atomic mass is 9.94. The maximum absolute atomic E-state index is 13.4. The van der Waals surface area contributed by atoms with Crippen molar-refractivity contribution in [3.8, 4) is 5.75 Å². The highest BCUT2D eigenvalue weighted by Crippen LogP contribution is 2.15. The van der Waals surface area contributed by atoms with Crippen molar-refractivity contribution in [3.05, 3.63) is 29.6 Å². The van der Waals surface area contributed by atoms with E-state index in [1.807, 2.05) is 13.8 Å². The Balaban J connectivity index is 2.71. The second-order valence-electron chi connectivity index (χ2n) is 4.42. The first-order chi connectivity index (χ1) is 8.41. The Morgan fingerprint density at radius 1 is 1.44 bits per heavy atom. The highest BCUT2D eigenvalue weighted by atomic mass is 19.1. The molecule has 0 fully saturated rings. The molecular weight excluding hydrogens is 235 g/mol. The first-order valence-corrected chi connectivity index (χ1v) is 5.97. The maximum Gasteiger partial charge on any atom is 0.254 e. The van der Waals surface area contributed by atoms with E-state index in [0.717, 1.165) is 18.9 Å². The number of hydrogen-bond acceptors (Lipinski definition) is 3. The number of carbonyl (C=O) groups excluding carboxylic acids is 1. The average molecular weight is 254 g/mol. The van der Waals surface area contributed by atoms with Gasteiger partial charge in [-0.1, -0.05) is 13.8 Å². The minimum atomic E-state index is -0.747. The third-order valence-electron chi connectivity index (χ3n) is 3.21. The molecule has 0 saturated heterocycles. The highest BCUT2D eigenvalue weighted by molar-refractivity contribution is 5.94. The molecule has 0 aromatic heterocycles. The van der Waals surface area contributed by atoms with Crippen LogP contribution < -0.4 is 11.1 Å². The van der Waals surface area contributed by atoms with Crippen molar-refractivity contribution in [2.24, 2.45) is 5.73 Å². The first-order valence-electron chi connectivity index (χ1n) is 5.97. The van der Waals surface area contributed by atoms with Crippen molar-refractivity contribution in [2.75, 3.05) is 6.54 Å². The number of amides is 1. The van der Waals surface area contributed by atoms with Crippen molar-refractivity contribution in [3.63, 3.8) is 0 Å². The lowest BCUT2D eigenvalue weighted by molar-refractivity contribution is 0.0938. The number of nitrogens with one attached hydrogen (secondary N) is 1. The Labute approximate surface area is 106 Å². The molecule has 1 rings (SSSR count).